The third-order valence-corrected chi connectivity index (χ3v) is 8.83. The Morgan fingerprint density at radius 3 is 2.36 bits per heavy atom. The molecule has 10 nitrogen and oxygen atoms in total. The summed E-state index contributed by atoms with van der Waals surface area (Å²) >= 11 is -0.357. The predicted octanol–water partition coefficient (Wildman–Crippen LogP) is 1.58. The summed E-state index contributed by atoms with van der Waals surface area (Å²) in [5.74, 6) is 0.396. The summed E-state index contributed by atoms with van der Waals surface area (Å²) in [6.07, 6.45) is 6.72. The summed E-state index contributed by atoms with van der Waals surface area (Å²) in [7, 11) is 0. The molecule has 0 radical (unpaired) electrons. The molecule has 1 heterocycles. The van der Waals surface area contributed by atoms with Gasteiger partial charge in [0.05, 0.1) is 17.9 Å². The van der Waals surface area contributed by atoms with E-state index in [2.05, 4.69) is 29.8 Å². The van der Waals surface area contributed by atoms with Gasteiger partial charge in [0.1, 0.15) is 0 Å². The van der Waals surface area contributed by atoms with Crippen molar-refractivity contribution in [3.63, 3.8) is 0 Å². The van der Waals surface area contributed by atoms with Crippen molar-refractivity contribution in [2.75, 3.05) is 49.3 Å². The van der Waals surface area contributed by atoms with Crippen LogP contribution in [0.1, 0.15) is 81.9 Å². The number of benzene rings is 2. The van der Waals surface area contributed by atoms with Gasteiger partial charge in [-0.25, -0.2) is 0 Å². The van der Waals surface area contributed by atoms with Gasteiger partial charge in [-0.2, -0.15) is 0 Å². The molecule has 0 saturated heterocycles. The van der Waals surface area contributed by atoms with Crippen molar-refractivity contribution in [1.82, 2.24) is 16.0 Å². The first-order valence-electron chi connectivity index (χ1n) is 16.8. The van der Waals surface area contributed by atoms with Gasteiger partial charge in [-0.1, -0.05) is 82.0 Å². The van der Waals surface area contributed by atoms with Crippen molar-refractivity contribution in [2.24, 2.45) is 11.7 Å². The molecule has 0 saturated carbocycles. The minimum absolute atomic E-state index is 0.0939. The Bertz CT molecular complexity index is 1320. The molecule has 260 valence electrons. The van der Waals surface area contributed by atoms with Crippen LogP contribution in [0.3, 0.4) is 0 Å². The van der Waals surface area contributed by atoms with Crippen LogP contribution < -0.4 is 48.2 Å². The smallest absolute Gasteiger partial charge is 0.396 e. The molecule has 2 aromatic rings. The van der Waals surface area contributed by atoms with E-state index < -0.39 is 0 Å². The van der Waals surface area contributed by atoms with E-state index in [4.69, 9.17) is 13.5 Å². The summed E-state index contributed by atoms with van der Waals surface area (Å²) in [5.41, 5.74) is 11.6. The summed E-state index contributed by atoms with van der Waals surface area (Å²) in [5, 5.41) is 9.30. The van der Waals surface area contributed by atoms with E-state index in [-0.39, 0.29) is 58.8 Å². The number of para-hydroxylation sites is 1. The Morgan fingerprint density at radius 2 is 1.57 bits per heavy atom. The number of nitrogens with zero attached hydrogens (tertiary/aromatic N) is 1. The van der Waals surface area contributed by atoms with Gasteiger partial charge in [-0.15, -0.1) is 0 Å². The van der Waals surface area contributed by atoms with Crippen LogP contribution in [0.5, 0.6) is 0 Å². The number of nitrogens with two attached hydrogens (primary N) is 1. The zero-order valence-corrected chi connectivity index (χ0v) is 30.4. The molecule has 11 heteroatoms. The first-order chi connectivity index (χ1) is 22.8. The number of carbonyl (C=O) groups excluding carboxylic acids is 3. The molecule has 0 atom stereocenters. The molecule has 2 aromatic carbocycles. The second-order valence-electron chi connectivity index (χ2n) is 12.0. The average molecular weight is 763 g/mol. The summed E-state index contributed by atoms with van der Waals surface area (Å²) in [6.45, 7) is 7.63. The first-order valence-corrected chi connectivity index (χ1v) is 19.8. The Balaban J connectivity index is 1.58. The van der Waals surface area contributed by atoms with Crippen molar-refractivity contribution < 1.29 is 43.8 Å². The molecule has 3 rings (SSSR count). The molecule has 0 spiro atoms. The van der Waals surface area contributed by atoms with Crippen LogP contribution in [0.25, 0.3) is 11.4 Å². The molecule has 5 N–H and O–H groups in total. The fourth-order valence-electron chi connectivity index (χ4n) is 5.40. The standard InChI is InChI=1S/C36H53IN5O5/c1-27(2)13-6-4-5-11-20-39-32(43)18-19-34(45)42-25-28-14-7-8-15-29(28)36(35(38)30-16-9-10-17-31(30)42)41-21-12-23-46-24-22-40-33(44)26-47-37-3/h7-10,14-17,27,41H,4-6,11-13,18-26,38H2,1-3H3,(H,39,43)(H,40,44)/q-1. The molecule has 0 fully saturated rings. The minimum Gasteiger partial charge on any atom is -0.396 e. The number of halogens is 1. The third-order valence-electron chi connectivity index (χ3n) is 7.90. The van der Waals surface area contributed by atoms with Gasteiger partial charge >= 0.3 is 101 Å². The quantitative estimate of drug-likeness (QED) is 0.0863. The van der Waals surface area contributed by atoms with Crippen LogP contribution >= 0.6 is 0 Å². The fourth-order valence-corrected chi connectivity index (χ4v) is 5.99. The van der Waals surface area contributed by atoms with Gasteiger partial charge in [0.2, 0.25) is 11.8 Å². The van der Waals surface area contributed by atoms with E-state index in [0.717, 1.165) is 53.3 Å². The number of fused-ring (bicyclic) bond motifs is 2. The fraction of sp³-hybridized carbons (Fsp3) is 0.528. The van der Waals surface area contributed by atoms with Crippen molar-refractivity contribution in [1.29, 1.82) is 0 Å². The number of rotatable bonds is 21. The van der Waals surface area contributed by atoms with E-state index >= 15 is 0 Å². The van der Waals surface area contributed by atoms with Crippen LogP contribution in [0, 0.1) is 5.92 Å². The SMILES string of the molecule is C[I-]OCC(=O)NCCOCCCNC1=C(N)c2ccccc2N(C(=O)CCC(=O)NCCCCCCC(C)C)Cc2ccccc21. The van der Waals surface area contributed by atoms with Crippen molar-refractivity contribution in [2.45, 2.75) is 71.8 Å². The molecule has 0 aliphatic carbocycles. The topological polar surface area (TPSA) is 135 Å². The Labute approximate surface area is 291 Å². The van der Waals surface area contributed by atoms with Crippen molar-refractivity contribution in [3.05, 3.63) is 65.2 Å². The summed E-state index contributed by atoms with van der Waals surface area (Å²) in [4.78, 5) is 41.6. The van der Waals surface area contributed by atoms with Crippen LogP contribution in [-0.2, 0) is 28.7 Å². The zero-order valence-electron chi connectivity index (χ0n) is 28.2. The number of hydrogen-bond acceptors (Lipinski definition) is 7. The monoisotopic (exact) mass is 762 g/mol. The first kappa shape index (κ1) is 38.3. The molecule has 0 unspecified atom stereocenters. The van der Waals surface area contributed by atoms with Crippen LogP contribution in [0.4, 0.5) is 5.69 Å². The maximum atomic E-state index is 13.7. The van der Waals surface area contributed by atoms with Crippen molar-refractivity contribution >= 4 is 34.8 Å². The number of alkyl halides is 1. The van der Waals surface area contributed by atoms with Crippen LogP contribution in [-0.4, -0.2) is 62.1 Å². The molecular formula is C36H53IN5O5-. The number of ether oxygens (including phenoxy) is 1. The van der Waals surface area contributed by atoms with E-state index in [0.29, 0.717) is 45.1 Å². The molecule has 1 aliphatic heterocycles. The predicted molar refractivity (Wildman–Crippen MR) is 184 cm³/mol. The number of anilines is 1. The Morgan fingerprint density at radius 1 is 0.851 bits per heavy atom. The van der Waals surface area contributed by atoms with E-state index in [1.54, 1.807) is 4.90 Å². The molecule has 0 bridgehead atoms. The van der Waals surface area contributed by atoms with E-state index in [9.17, 15) is 14.4 Å². The molecule has 0 aromatic heterocycles. The number of amides is 3. The second-order valence-corrected chi connectivity index (χ2v) is 13.5. The number of nitrogens with one attached hydrogen (secondary N) is 3. The number of carbonyl (C=O) groups is 3. The normalized spacial score (nSPS) is 12.7. The second kappa shape index (κ2) is 21.7. The third kappa shape index (κ3) is 13.5. The summed E-state index contributed by atoms with van der Waals surface area (Å²) in [6, 6.07) is 15.6. The van der Waals surface area contributed by atoms with Gasteiger partial charge in [-0.3, -0.25) is 9.59 Å². The van der Waals surface area contributed by atoms with E-state index in [1.807, 2.05) is 53.5 Å². The molecular weight excluding hydrogens is 709 g/mol. The van der Waals surface area contributed by atoms with Crippen LogP contribution in [0.15, 0.2) is 48.5 Å². The Kier molecular flexibility index (Phi) is 17.6. The average Bonchev–Trinajstić information content (AvgIpc) is 3.07. The van der Waals surface area contributed by atoms with Gasteiger partial charge in [0.25, 0.3) is 0 Å². The Hall–Kier alpha value is -3.16. The van der Waals surface area contributed by atoms with Crippen molar-refractivity contribution in [3.8, 4) is 0 Å². The number of unbranched alkanes of at least 4 members (excludes halogenated alkanes) is 3. The minimum atomic E-state index is -0.357. The molecule has 3 amide bonds. The zero-order chi connectivity index (χ0) is 33.9. The van der Waals surface area contributed by atoms with Gasteiger partial charge in [0, 0.05) is 30.5 Å². The van der Waals surface area contributed by atoms with E-state index in [1.165, 1.54) is 19.3 Å². The summed E-state index contributed by atoms with van der Waals surface area (Å²) < 4.78 is 10.9. The number of hydrogen-bond donors (Lipinski definition) is 4. The molecule has 47 heavy (non-hydrogen) atoms. The molecule has 1 aliphatic rings. The van der Waals surface area contributed by atoms with Gasteiger partial charge in [0.15, 0.2) is 0 Å². The van der Waals surface area contributed by atoms with Gasteiger partial charge in [-0.05, 0) is 24.0 Å². The maximum absolute atomic E-state index is 13.7. The van der Waals surface area contributed by atoms with Gasteiger partial charge < -0.3 is 16.0 Å². The van der Waals surface area contributed by atoms with Crippen LogP contribution in [0.2, 0.25) is 0 Å².